The Bertz CT molecular complexity index is 508. The Morgan fingerprint density at radius 3 is 2.26 bits per heavy atom. The Hall–Kier alpha value is -1.69. The van der Waals surface area contributed by atoms with Crippen LogP contribution in [-0.2, 0) is 11.3 Å². The highest BCUT2D eigenvalue weighted by Crippen LogP contribution is 2.12. The maximum atomic E-state index is 13.1. The first-order chi connectivity index (χ1) is 10.6. The molecular weight excluding hydrogens is 302 g/mol. The second kappa shape index (κ2) is 8.24. The number of carbonyl (C=O) groups excluding carboxylic acids is 1. The van der Waals surface area contributed by atoms with E-state index >= 15 is 0 Å². The van der Waals surface area contributed by atoms with Crippen molar-refractivity contribution in [1.82, 2.24) is 10.2 Å². The third-order valence-corrected chi connectivity index (χ3v) is 3.03. The molecule has 0 fully saturated rings. The Kier molecular flexibility index (Phi) is 6.94. The molecule has 1 aromatic rings. The molecule has 0 spiro atoms. The molecule has 1 N–H and O–H groups in total. The van der Waals surface area contributed by atoms with Crippen molar-refractivity contribution in [3.63, 3.8) is 0 Å². The molecule has 0 radical (unpaired) electrons. The molecule has 0 aliphatic rings. The van der Waals surface area contributed by atoms with Gasteiger partial charge in [-0.15, -0.1) is 0 Å². The molecule has 1 rings (SSSR count). The number of hydrogen-bond acceptors (Lipinski definition) is 3. The van der Waals surface area contributed by atoms with Gasteiger partial charge in [0.25, 0.3) is 0 Å². The van der Waals surface area contributed by atoms with Crippen LogP contribution in [0.5, 0.6) is 0 Å². The zero-order valence-corrected chi connectivity index (χ0v) is 14.5. The lowest BCUT2D eigenvalue weighted by Gasteiger charge is -2.30. The Morgan fingerprint density at radius 1 is 1.22 bits per heavy atom. The van der Waals surface area contributed by atoms with Crippen LogP contribution in [0.2, 0.25) is 0 Å². The number of benzene rings is 1. The number of hydrogen-bond donors (Lipinski definition) is 1. The van der Waals surface area contributed by atoms with E-state index in [0.29, 0.717) is 25.2 Å². The van der Waals surface area contributed by atoms with Crippen LogP contribution in [0.4, 0.5) is 13.6 Å². The summed E-state index contributed by atoms with van der Waals surface area (Å²) in [5.41, 5.74) is -0.0209. The summed E-state index contributed by atoms with van der Waals surface area (Å²) >= 11 is 0. The predicted octanol–water partition coefficient (Wildman–Crippen LogP) is 3.70. The normalized spacial score (nSPS) is 11.7. The lowest BCUT2D eigenvalue weighted by molar-refractivity contribution is 0.0193. The molecule has 0 atom stereocenters. The van der Waals surface area contributed by atoms with Gasteiger partial charge < -0.3 is 15.0 Å². The van der Waals surface area contributed by atoms with Gasteiger partial charge in [0.2, 0.25) is 0 Å². The molecule has 130 valence electrons. The molecule has 1 aromatic carbocycles. The van der Waals surface area contributed by atoms with Crippen molar-refractivity contribution in [2.75, 3.05) is 13.1 Å². The van der Waals surface area contributed by atoms with Gasteiger partial charge in [-0.25, -0.2) is 13.6 Å². The summed E-state index contributed by atoms with van der Waals surface area (Å²) in [6.45, 7) is 10.5. The average molecular weight is 328 g/mol. The van der Waals surface area contributed by atoms with Crippen LogP contribution in [0, 0.1) is 11.6 Å². The number of ether oxygens (including phenoxy) is 1. The number of nitrogens with one attached hydrogen (secondary N) is 1. The summed E-state index contributed by atoms with van der Waals surface area (Å²) < 4.78 is 31.6. The maximum absolute atomic E-state index is 13.1. The van der Waals surface area contributed by atoms with Crippen molar-refractivity contribution >= 4 is 6.09 Å². The summed E-state index contributed by atoms with van der Waals surface area (Å²) in [7, 11) is 0. The number of rotatable bonds is 6. The summed E-state index contributed by atoms with van der Waals surface area (Å²) in [6, 6.07) is 3.40. The van der Waals surface area contributed by atoms with Crippen LogP contribution >= 0.6 is 0 Å². The van der Waals surface area contributed by atoms with Crippen molar-refractivity contribution in [3.8, 4) is 0 Å². The molecule has 0 heterocycles. The minimum Gasteiger partial charge on any atom is -0.444 e. The fourth-order valence-electron chi connectivity index (χ4n) is 2.03. The van der Waals surface area contributed by atoms with Gasteiger partial charge >= 0.3 is 6.09 Å². The van der Waals surface area contributed by atoms with E-state index < -0.39 is 17.2 Å². The number of amides is 1. The van der Waals surface area contributed by atoms with E-state index in [1.807, 2.05) is 34.6 Å². The summed E-state index contributed by atoms with van der Waals surface area (Å²) in [6.07, 6.45) is -0.369. The summed E-state index contributed by atoms with van der Waals surface area (Å²) in [5, 5.41) is 3.08. The van der Waals surface area contributed by atoms with Gasteiger partial charge in [0.1, 0.15) is 17.2 Å². The molecule has 0 saturated heterocycles. The van der Waals surface area contributed by atoms with Gasteiger partial charge in [0, 0.05) is 31.7 Å². The fraction of sp³-hybridized carbons (Fsp3) is 0.588. The highest BCUT2D eigenvalue weighted by Gasteiger charge is 2.23. The van der Waals surface area contributed by atoms with E-state index in [-0.39, 0.29) is 12.1 Å². The van der Waals surface area contributed by atoms with E-state index in [9.17, 15) is 13.6 Å². The largest absolute Gasteiger partial charge is 0.444 e. The van der Waals surface area contributed by atoms with Gasteiger partial charge in [-0.05, 0) is 52.3 Å². The van der Waals surface area contributed by atoms with E-state index in [4.69, 9.17) is 4.74 Å². The minimum absolute atomic E-state index is 0.00161. The molecule has 0 unspecified atom stereocenters. The summed E-state index contributed by atoms with van der Waals surface area (Å²) in [5.74, 6) is -1.20. The molecular formula is C17H26F2N2O2. The van der Waals surface area contributed by atoms with Gasteiger partial charge in [-0.3, -0.25) is 0 Å². The average Bonchev–Trinajstić information content (AvgIpc) is 2.34. The van der Waals surface area contributed by atoms with Crippen molar-refractivity contribution in [2.24, 2.45) is 0 Å². The van der Waals surface area contributed by atoms with Gasteiger partial charge in [-0.1, -0.05) is 0 Å². The van der Waals surface area contributed by atoms with E-state index in [0.717, 1.165) is 6.07 Å². The highest BCUT2D eigenvalue weighted by molar-refractivity contribution is 5.68. The monoisotopic (exact) mass is 328 g/mol. The van der Waals surface area contributed by atoms with Gasteiger partial charge in [0.05, 0.1) is 0 Å². The van der Waals surface area contributed by atoms with Crippen LogP contribution in [0.25, 0.3) is 0 Å². The molecule has 4 nitrogen and oxygen atoms in total. The standard InChI is InChI=1S/C17H26F2N2O2/c1-12(2)21(16(22)23-17(3,4)5)7-6-20-11-13-8-14(18)10-15(19)9-13/h8-10,12,20H,6-7,11H2,1-5H3. The number of halogens is 2. The topological polar surface area (TPSA) is 41.6 Å². The first kappa shape index (κ1) is 19.4. The molecule has 1 amide bonds. The maximum Gasteiger partial charge on any atom is 0.410 e. The molecule has 0 bridgehead atoms. The van der Waals surface area contributed by atoms with E-state index in [1.165, 1.54) is 12.1 Å². The first-order valence-corrected chi connectivity index (χ1v) is 7.74. The minimum atomic E-state index is -0.598. The zero-order valence-electron chi connectivity index (χ0n) is 14.5. The number of nitrogens with zero attached hydrogens (tertiary/aromatic N) is 1. The lowest BCUT2D eigenvalue weighted by Crippen LogP contribution is -2.44. The van der Waals surface area contributed by atoms with E-state index in [2.05, 4.69) is 5.32 Å². The third kappa shape index (κ3) is 7.41. The zero-order chi connectivity index (χ0) is 17.6. The predicted molar refractivity (Wildman–Crippen MR) is 86.1 cm³/mol. The van der Waals surface area contributed by atoms with Crippen molar-refractivity contribution in [1.29, 1.82) is 0 Å². The molecule has 0 aliphatic carbocycles. The molecule has 6 heteroatoms. The van der Waals surface area contributed by atoms with Crippen molar-refractivity contribution < 1.29 is 18.3 Å². The quantitative estimate of drug-likeness (QED) is 0.810. The van der Waals surface area contributed by atoms with Gasteiger partial charge in [0.15, 0.2) is 0 Å². The Balaban J connectivity index is 2.48. The molecule has 0 aliphatic heterocycles. The van der Waals surface area contributed by atoms with E-state index in [1.54, 1.807) is 4.90 Å². The Labute approximate surface area is 136 Å². The molecule has 0 aromatic heterocycles. The molecule has 0 saturated carbocycles. The van der Waals surface area contributed by atoms with Crippen LogP contribution in [0.3, 0.4) is 0 Å². The van der Waals surface area contributed by atoms with Crippen LogP contribution in [0.1, 0.15) is 40.2 Å². The van der Waals surface area contributed by atoms with Crippen LogP contribution in [-0.4, -0.2) is 35.7 Å². The second-order valence-corrected chi connectivity index (χ2v) is 6.72. The third-order valence-electron chi connectivity index (χ3n) is 3.03. The molecule has 23 heavy (non-hydrogen) atoms. The Morgan fingerprint density at radius 2 is 1.78 bits per heavy atom. The smallest absolute Gasteiger partial charge is 0.410 e. The SMILES string of the molecule is CC(C)N(CCNCc1cc(F)cc(F)c1)C(=O)OC(C)(C)C. The van der Waals surface area contributed by atoms with Crippen LogP contribution in [0.15, 0.2) is 18.2 Å². The van der Waals surface area contributed by atoms with Crippen molar-refractivity contribution in [3.05, 3.63) is 35.4 Å². The second-order valence-electron chi connectivity index (χ2n) is 6.72. The lowest BCUT2D eigenvalue weighted by atomic mass is 10.2. The fourth-order valence-corrected chi connectivity index (χ4v) is 2.03. The first-order valence-electron chi connectivity index (χ1n) is 7.74. The van der Waals surface area contributed by atoms with Gasteiger partial charge in [-0.2, -0.15) is 0 Å². The van der Waals surface area contributed by atoms with Crippen molar-refractivity contribution in [2.45, 2.75) is 52.8 Å². The van der Waals surface area contributed by atoms with Crippen LogP contribution < -0.4 is 5.32 Å². The summed E-state index contributed by atoms with van der Waals surface area (Å²) in [4.78, 5) is 13.7. The highest BCUT2D eigenvalue weighted by atomic mass is 19.1. The number of carbonyl (C=O) groups is 1.